The first kappa shape index (κ1) is 14.5. The molecule has 106 valence electrons. The van der Waals surface area contributed by atoms with Gasteiger partial charge in [0.2, 0.25) is 0 Å². The van der Waals surface area contributed by atoms with Crippen molar-refractivity contribution in [3.05, 3.63) is 40.6 Å². The summed E-state index contributed by atoms with van der Waals surface area (Å²) in [5.41, 5.74) is -0.104. The molecule has 0 fully saturated rings. The summed E-state index contributed by atoms with van der Waals surface area (Å²) in [5.74, 6) is -0.0130. The molecule has 20 heavy (non-hydrogen) atoms. The minimum absolute atomic E-state index is 0.104. The average molecular weight is 315 g/mol. The molecule has 0 radical (unpaired) electrons. The van der Waals surface area contributed by atoms with Gasteiger partial charge in [-0.05, 0) is 12.1 Å². The van der Waals surface area contributed by atoms with Crippen LogP contribution in [0.1, 0.15) is 9.67 Å². The van der Waals surface area contributed by atoms with Gasteiger partial charge in [-0.2, -0.15) is 8.42 Å². The van der Waals surface area contributed by atoms with E-state index in [1.807, 2.05) is 0 Å². The van der Waals surface area contributed by atoms with Gasteiger partial charge in [0.05, 0.1) is 17.7 Å². The zero-order valence-corrected chi connectivity index (χ0v) is 11.9. The van der Waals surface area contributed by atoms with Crippen molar-refractivity contribution in [3.63, 3.8) is 0 Å². The summed E-state index contributed by atoms with van der Waals surface area (Å²) in [6.07, 6.45) is 0. The van der Waals surface area contributed by atoms with Crippen molar-refractivity contribution < 1.29 is 21.8 Å². The highest BCUT2D eigenvalue weighted by molar-refractivity contribution is 7.86. The Morgan fingerprint density at radius 2 is 2.05 bits per heavy atom. The van der Waals surface area contributed by atoms with Crippen LogP contribution in [-0.4, -0.2) is 21.4 Å². The number of rotatable bonds is 4. The number of hydrogen-bond donors (Lipinski definition) is 1. The summed E-state index contributed by atoms with van der Waals surface area (Å²) < 4.78 is 40.0. The normalized spacial score (nSPS) is 11.1. The Bertz CT molecular complexity index is 739. The van der Waals surface area contributed by atoms with Crippen LogP contribution in [0.5, 0.6) is 5.75 Å². The predicted octanol–water partition coefficient (Wildman–Crippen LogP) is 2.67. The second-order valence-corrected chi connectivity index (χ2v) is 5.97. The molecule has 0 aliphatic rings. The largest absolute Gasteiger partial charge is 0.496 e. The smallest absolute Gasteiger partial charge is 0.334 e. The Balaban J connectivity index is 2.29. The summed E-state index contributed by atoms with van der Waals surface area (Å²) in [6, 6.07) is 6.78. The van der Waals surface area contributed by atoms with E-state index in [0.29, 0.717) is 10.6 Å². The first-order valence-electron chi connectivity index (χ1n) is 5.39. The molecule has 1 aromatic heterocycles. The van der Waals surface area contributed by atoms with E-state index >= 15 is 0 Å². The molecule has 1 amide bonds. The minimum atomic E-state index is -4.90. The topological polar surface area (TPSA) is 72.5 Å². The molecule has 0 aliphatic carbocycles. The predicted molar refractivity (Wildman–Crippen MR) is 73.6 cm³/mol. The van der Waals surface area contributed by atoms with Crippen LogP contribution in [0.25, 0.3) is 0 Å². The maximum Gasteiger partial charge on any atom is 0.334 e. The quantitative estimate of drug-likeness (QED) is 0.880. The van der Waals surface area contributed by atoms with Crippen LogP contribution in [0.15, 0.2) is 40.6 Å². The molecule has 1 aromatic carbocycles. The molecule has 0 unspecified atom stereocenters. The molecular weight excluding hydrogens is 305 g/mol. The fourth-order valence-electron chi connectivity index (χ4n) is 1.51. The van der Waals surface area contributed by atoms with E-state index in [-0.39, 0.29) is 5.69 Å². The number of halogens is 1. The molecule has 2 aromatic rings. The van der Waals surface area contributed by atoms with E-state index in [4.69, 9.17) is 4.74 Å². The maximum absolute atomic E-state index is 13.1. The van der Waals surface area contributed by atoms with Crippen molar-refractivity contribution in [1.82, 2.24) is 0 Å². The number of anilines is 1. The molecule has 0 bridgehead atoms. The molecule has 2 rings (SSSR count). The van der Waals surface area contributed by atoms with E-state index in [9.17, 15) is 17.1 Å². The van der Waals surface area contributed by atoms with Crippen molar-refractivity contribution in [2.24, 2.45) is 0 Å². The third kappa shape index (κ3) is 3.14. The molecule has 1 heterocycles. The zero-order chi connectivity index (χ0) is 14.8. The highest BCUT2D eigenvalue weighted by Gasteiger charge is 2.19. The van der Waals surface area contributed by atoms with Gasteiger partial charge in [0.25, 0.3) is 5.91 Å². The summed E-state index contributed by atoms with van der Waals surface area (Å²) >= 11 is 1.13. The van der Waals surface area contributed by atoms with Gasteiger partial charge in [-0.25, -0.2) is 0 Å². The number of amides is 1. The van der Waals surface area contributed by atoms with E-state index in [0.717, 1.165) is 17.4 Å². The lowest BCUT2D eigenvalue weighted by Crippen LogP contribution is -2.12. The third-order valence-corrected chi connectivity index (χ3v) is 4.22. The molecule has 0 spiro atoms. The van der Waals surface area contributed by atoms with Gasteiger partial charge >= 0.3 is 10.2 Å². The highest BCUT2D eigenvalue weighted by atomic mass is 32.3. The van der Waals surface area contributed by atoms with Gasteiger partial charge in [-0.1, -0.05) is 12.1 Å². The minimum Gasteiger partial charge on any atom is -0.496 e. The standard InChI is InChI=1S/C12H10FNO4S2/c1-18-8-6-10(19-7-8)12(15)14-9-4-2-3-5-11(9)20(13,16)17/h2-7H,1H3,(H,14,15). The van der Waals surface area contributed by atoms with Crippen LogP contribution in [0.3, 0.4) is 0 Å². The number of para-hydroxylation sites is 1. The molecule has 0 saturated heterocycles. The van der Waals surface area contributed by atoms with Gasteiger partial charge in [0.15, 0.2) is 0 Å². The number of carbonyl (C=O) groups is 1. The lowest BCUT2D eigenvalue weighted by atomic mass is 10.3. The highest BCUT2D eigenvalue weighted by Crippen LogP contribution is 2.25. The van der Waals surface area contributed by atoms with E-state index in [1.54, 1.807) is 5.38 Å². The van der Waals surface area contributed by atoms with E-state index < -0.39 is 21.0 Å². The van der Waals surface area contributed by atoms with Crippen molar-refractivity contribution >= 4 is 33.2 Å². The Kier molecular flexibility index (Phi) is 4.05. The van der Waals surface area contributed by atoms with Crippen LogP contribution in [-0.2, 0) is 10.2 Å². The SMILES string of the molecule is COc1csc(C(=O)Nc2ccccc2S(=O)(=O)F)c1. The molecule has 0 saturated carbocycles. The van der Waals surface area contributed by atoms with Crippen LogP contribution < -0.4 is 10.1 Å². The molecule has 0 atom stereocenters. The fourth-order valence-corrected chi connectivity index (χ4v) is 2.88. The molecule has 1 N–H and O–H groups in total. The third-order valence-electron chi connectivity index (χ3n) is 2.43. The van der Waals surface area contributed by atoms with Crippen molar-refractivity contribution in [2.45, 2.75) is 4.90 Å². The number of benzene rings is 1. The summed E-state index contributed by atoms with van der Waals surface area (Å²) in [4.78, 5) is 11.7. The van der Waals surface area contributed by atoms with Crippen LogP contribution in [0, 0.1) is 0 Å². The second-order valence-electron chi connectivity index (χ2n) is 3.74. The maximum atomic E-state index is 13.1. The number of carbonyl (C=O) groups excluding carboxylic acids is 1. The van der Waals surface area contributed by atoms with Crippen molar-refractivity contribution in [2.75, 3.05) is 12.4 Å². The molecular formula is C12H10FNO4S2. The van der Waals surface area contributed by atoms with Crippen LogP contribution >= 0.6 is 11.3 Å². The van der Waals surface area contributed by atoms with Crippen LogP contribution in [0.4, 0.5) is 9.57 Å². The van der Waals surface area contributed by atoms with Crippen LogP contribution in [0.2, 0.25) is 0 Å². The second kappa shape index (κ2) is 5.59. The molecule has 8 heteroatoms. The van der Waals surface area contributed by atoms with Gasteiger partial charge in [-0.15, -0.1) is 15.2 Å². The van der Waals surface area contributed by atoms with Crippen molar-refractivity contribution in [3.8, 4) is 5.75 Å². The fraction of sp³-hybridized carbons (Fsp3) is 0.0833. The van der Waals surface area contributed by atoms with Gasteiger partial charge < -0.3 is 10.1 Å². The number of nitrogens with one attached hydrogen (secondary N) is 1. The summed E-state index contributed by atoms with van der Waals surface area (Å²) in [6.45, 7) is 0. The number of ether oxygens (including phenoxy) is 1. The number of methoxy groups -OCH3 is 1. The Labute approximate surface area is 119 Å². The summed E-state index contributed by atoms with van der Waals surface area (Å²) in [5, 5.41) is 4.00. The first-order chi connectivity index (χ1) is 9.41. The lowest BCUT2D eigenvalue weighted by Gasteiger charge is -2.06. The molecule has 0 aliphatic heterocycles. The summed E-state index contributed by atoms with van der Waals surface area (Å²) in [7, 11) is -3.43. The first-order valence-corrected chi connectivity index (χ1v) is 7.65. The van der Waals surface area contributed by atoms with Gasteiger partial charge in [0, 0.05) is 11.4 Å². The van der Waals surface area contributed by atoms with Crippen molar-refractivity contribution in [1.29, 1.82) is 0 Å². The lowest BCUT2D eigenvalue weighted by molar-refractivity contribution is 0.103. The Morgan fingerprint density at radius 3 is 2.65 bits per heavy atom. The van der Waals surface area contributed by atoms with E-state index in [1.165, 1.54) is 31.4 Å². The monoisotopic (exact) mass is 315 g/mol. The number of hydrogen-bond acceptors (Lipinski definition) is 5. The molecule has 5 nitrogen and oxygen atoms in total. The number of thiophene rings is 1. The zero-order valence-electron chi connectivity index (χ0n) is 10.3. The Morgan fingerprint density at radius 1 is 1.35 bits per heavy atom. The van der Waals surface area contributed by atoms with Gasteiger partial charge in [0.1, 0.15) is 10.6 Å². The average Bonchev–Trinajstić information content (AvgIpc) is 2.87. The van der Waals surface area contributed by atoms with Gasteiger partial charge in [-0.3, -0.25) is 4.79 Å². The van der Waals surface area contributed by atoms with E-state index in [2.05, 4.69) is 5.32 Å². The Hall–Kier alpha value is -1.93.